The maximum atomic E-state index is 9.56. The molecule has 1 unspecified atom stereocenters. The van der Waals surface area contributed by atoms with Crippen LogP contribution in [0.2, 0.25) is 0 Å². The Morgan fingerprint density at radius 3 is 2.10 bits per heavy atom. The summed E-state index contributed by atoms with van der Waals surface area (Å²) in [5, 5.41) is 12.9. The van der Waals surface area contributed by atoms with Crippen molar-refractivity contribution in [3.63, 3.8) is 0 Å². The fraction of sp³-hybridized carbons (Fsp3) is 0.235. The van der Waals surface area contributed by atoms with E-state index in [0.717, 1.165) is 16.9 Å². The van der Waals surface area contributed by atoms with Gasteiger partial charge in [0.1, 0.15) is 5.54 Å². The third kappa shape index (κ3) is 2.92. The van der Waals surface area contributed by atoms with Gasteiger partial charge in [-0.15, -0.1) is 0 Å². The molecule has 0 aliphatic heterocycles. The van der Waals surface area contributed by atoms with Crippen molar-refractivity contribution >= 4 is 11.4 Å². The molecule has 2 aromatic rings. The molecule has 2 rings (SSSR count). The number of nitrogens with one attached hydrogen (secondary N) is 1. The summed E-state index contributed by atoms with van der Waals surface area (Å²) in [4.78, 5) is 2.04. The van der Waals surface area contributed by atoms with Gasteiger partial charge in [0.25, 0.3) is 0 Å². The molecule has 0 saturated heterocycles. The number of anilines is 2. The first-order chi connectivity index (χ1) is 9.55. The Balaban J connectivity index is 2.29. The van der Waals surface area contributed by atoms with Crippen LogP contribution in [0.25, 0.3) is 0 Å². The van der Waals surface area contributed by atoms with Gasteiger partial charge in [-0.2, -0.15) is 5.26 Å². The first-order valence-corrected chi connectivity index (χ1v) is 6.57. The molecule has 0 heterocycles. The van der Waals surface area contributed by atoms with Crippen LogP contribution in [0.4, 0.5) is 11.4 Å². The van der Waals surface area contributed by atoms with Crippen LogP contribution in [0.3, 0.4) is 0 Å². The lowest BCUT2D eigenvalue weighted by atomic mass is 9.93. The summed E-state index contributed by atoms with van der Waals surface area (Å²) in [6.45, 7) is 1.89. The number of benzene rings is 2. The maximum absolute atomic E-state index is 9.56. The van der Waals surface area contributed by atoms with Crippen molar-refractivity contribution in [1.29, 1.82) is 5.26 Å². The smallest absolute Gasteiger partial charge is 0.148 e. The van der Waals surface area contributed by atoms with Crippen LogP contribution >= 0.6 is 0 Å². The van der Waals surface area contributed by atoms with Crippen molar-refractivity contribution in [2.24, 2.45) is 0 Å². The quantitative estimate of drug-likeness (QED) is 0.918. The second-order valence-electron chi connectivity index (χ2n) is 5.17. The van der Waals surface area contributed by atoms with Gasteiger partial charge in [-0.25, -0.2) is 0 Å². The van der Waals surface area contributed by atoms with Gasteiger partial charge in [0.05, 0.1) is 6.07 Å². The molecule has 102 valence electrons. The molecule has 2 aromatic carbocycles. The minimum absolute atomic E-state index is 0.744. The van der Waals surface area contributed by atoms with Gasteiger partial charge < -0.3 is 10.2 Å². The molecule has 1 N–H and O–H groups in total. The molecule has 0 aliphatic rings. The highest BCUT2D eigenvalue weighted by molar-refractivity contribution is 5.53. The SMILES string of the molecule is CN(C)c1ccc(C(C)(C#N)Nc2ccccc2)cc1. The summed E-state index contributed by atoms with van der Waals surface area (Å²) in [5.41, 5.74) is 2.27. The molecule has 0 aromatic heterocycles. The Kier molecular flexibility index (Phi) is 3.95. The minimum Gasteiger partial charge on any atom is -0.378 e. The van der Waals surface area contributed by atoms with E-state index in [1.54, 1.807) is 0 Å². The summed E-state index contributed by atoms with van der Waals surface area (Å²) in [5.74, 6) is 0. The van der Waals surface area contributed by atoms with E-state index in [4.69, 9.17) is 0 Å². The molecular weight excluding hydrogens is 246 g/mol. The van der Waals surface area contributed by atoms with Crippen molar-refractivity contribution < 1.29 is 0 Å². The van der Waals surface area contributed by atoms with Crippen molar-refractivity contribution in [3.05, 3.63) is 60.2 Å². The Morgan fingerprint density at radius 2 is 1.60 bits per heavy atom. The maximum Gasteiger partial charge on any atom is 0.148 e. The molecule has 20 heavy (non-hydrogen) atoms. The Bertz CT molecular complexity index is 596. The Hall–Kier alpha value is -2.47. The van der Waals surface area contributed by atoms with E-state index in [9.17, 15) is 5.26 Å². The molecule has 0 amide bonds. The number of nitriles is 1. The zero-order chi connectivity index (χ0) is 14.6. The van der Waals surface area contributed by atoms with Gasteiger partial charge in [-0.1, -0.05) is 30.3 Å². The van der Waals surface area contributed by atoms with E-state index in [1.807, 2.05) is 80.5 Å². The van der Waals surface area contributed by atoms with Gasteiger partial charge in [0.15, 0.2) is 0 Å². The van der Waals surface area contributed by atoms with Crippen molar-refractivity contribution in [1.82, 2.24) is 0 Å². The molecule has 0 spiro atoms. The highest BCUT2D eigenvalue weighted by Crippen LogP contribution is 2.27. The molecule has 0 saturated carbocycles. The van der Waals surface area contributed by atoms with Crippen LogP contribution in [0.5, 0.6) is 0 Å². The molecular formula is C17H19N3. The van der Waals surface area contributed by atoms with Gasteiger partial charge in [-0.3, -0.25) is 0 Å². The van der Waals surface area contributed by atoms with Crippen molar-refractivity contribution in [2.75, 3.05) is 24.3 Å². The highest BCUT2D eigenvalue weighted by Gasteiger charge is 2.26. The topological polar surface area (TPSA) is 39.1 Å². The average molecular weight is 265 g/mol. The van der Waals surface area contributed by atoms with E-state index in [1.165, 1.54) is 0 Å². The van der Waals surface area contributed by atoms with Crippen molar-refractivity contribution in [3.8, 4) is 6.07 Å². The summed E-state index contributed by atoms with van der Waals surface area (Å²) < 4.78 is 0. The first-order valence-electron chi connectivity index (χ1n) is 6.57. The van der Waals surface area contributed by atoms with Gasteiger partial charge in [0, 0.05) is 25.5 Å². The van der Waals surface area contributed by atoms with Crippen LogP contribution in [0.1, 0.15) is 12.5 Å². The predicted molar refractivity (Wildman–Crippen MR) is 83.8 cm³/mol. The Morgan fingerprint density at radius 1 is 1.00 bits per heavy atom. The normalized spacial score (nSPS) is 13.1. The number of hydrogen-bond acceptors (Lipinski definition) is 3. The number of nitrogens with zero attached hydrogens (tertiary/aromatic N) is 2. The molecule has 0 aliphatic carbocycles. The fourth-order valence-corrected chi connectivity index (χ4v) is 2.07. The number of hydrogen-bond donors (Lipinski definition) is 1. The summed E-state index contributed by atoms with van der Waals surface area (Å²) >= 11 is 0. The average Bonchev–Trinajstić information content (AvgIpc) is 2.48. The molecule has 0 bridgehead atoms. The Labute approximate surface area is 120 Å². The van der Waals surface area contributed by atoms with Crippen LogP contribution in [-0.4, -0.2) is 14.1 Å². The molecule has 1 atom stereocenters. The summed E-state index contributed by atoms with van der Waals surface area (Å²) in [7, 11) is 4.00. The molecule has 3 heteroatoms. The van der Waals surface area contributed by atoms with E-state index >= 15 is 0 Å². The zero-order valence-corrected chi connectivity index (χ0v) is 12.1. The van der Waals surface area contributed by atoms with Crippen molar-refractivity contribution in [2.45, 2.75) is 12.5 Å². The van der Waals surface area contributed by atoms with Crippen LogP contribution in [0, 0.1) is 11.3 Å². The third-order valence-electron chi connectivity index (χ3n) is 3.35. The monoisotopic (exact) mass is 265 g/mol. The standard InChI is InChI=1S/C17H19N3/c1-17(13-18,19-15-7-5-4-6-8-15)14-9-11-16(12-10-14)20(2)3/h4-12,19H,1-3H3. The zero-order valence-electron chi connectivity index (χ0n) is 12.1. The lowest BCUT2D eigenvalue weighted by Crippen LogP contribution is -2.30. The largest absolute Gasteiger partial charge is 0.378 e. The third-order valence-corrected chi connectivity index (χ3v) is 3.35. The van der Waals surface area contributed by atoms with Crippen LogP contribution in [0.15, 0.2) is 54.6 Å². The second-order valence-corrected chi connectivity index (χ2v) is 5.17. The van der Waals surface area contributed by atoms with E-state index in [2.05, 4.69) is 11.4 Å². The van der Waals surface area contributed by atoms with E-state index in [-0.39, 0.29) is 0 Å². The minimum atomic E-state index is -0.744. The molecule has 3 nitrogen and oxygen atoms in total. The lowest BCUT2D eigenvalue weighted by molar-refractivity contribution is 0.706. The van der Waals surface area contributed by atoms with Gasteiger partial charge >= 0.3 is 0 Å². The first kappa shape index (κ1) is 14.0. The van der Waals surface area contributed by atoms with Gasteiger partial charge in [-0.05, 0) is 36.8 Å². The second kappa shape index (κ2) is 5.66. The van der Waals surface area contributed by atoms with Crippen LogP contribution < -0.4 is 10.2 Å². The van der Waals surface area contributed by atoms with Gasteiger partial charge in [0.2, 0.25) is 0 Å². The number of para-hydroxylation sites is 1. The molecule has 0 radical (unpaired) electrons. The van der Waals surface area contributed by atoms with E-state index in [0.29, 0.717) is 0 Å². The van der Waals surface area contributed by atoms with Crippen LogP contribution in [-0.2, 0) is 5.54 Å². The predicted octanol–water partition coefficient (Wildman–Crippen LogP) is 3.60. The molecule has 0 fully saturated rings. The lowest BCUT2D eigenvalue weighted by Gasteiger charge is -2.25. The number of rotatable bonds is 4. The summed E-state index contributed by atoms with van der Waals surface area (Å²) in [6, 6.07) is 20.2. The van der Waals surface area contributed by atoms with E-state index < -0.39 is 5.54 Å². The summed E-state index contributed by atoms with van der Waals surface area (Å²) in [6.07, 6.45) is 0. The highest BCUT2D eigenvalue weighted by atomic mass is 15.1. The fourth-order valence-electron chi connectivity index (χ4n) is 2.07.